The highest BCUT2D eigenvalue weighted by Crippen LogP contribution is 2.44. The summed E-state index contributed by atoms with van der Waals surface area (Å²) in [6.07, 6.45) is 0.960. The van der Waals surface area contributed by atoms with Gasteiger partial charge in [0, 0.05) is 29.4 Å². The van der Waals surface area contributed by atoms with Gasteiger partial charge in [-0.2, -0.15) is 5.26 Å². The molecule has 0 saturated carbocycles. The van der Waals surface area contributed by atoms with Gasteiger partial charge in [-0.05, 0) is 46.0 Å². The third kappa shape index (κ3) is 3.86. The quantitative estimate of drug-likeness (QED) is 0.397. The SMILES string of the molecule is N#Cc1ccc2[nH]cc(C[C@H](NC(=O)OCC3c4ccccc4-c4ccccc43)C(=O)O)c2c1. The van der Waals surface area contributed by atoms with E-state index in [2.05, 4.69) is 16.4 Å². The Morgan fingerprint density at radius 2 is 1.74 bits per heavy atom. The molecule has 1 amide bonds. The number of fused-ring (bicyclic) bond motifs is 4. The number of H-pyrrole nitrogens is 1. The number of carbonyl (C=O) groups excluding carboxylic acids is 1. The Bertz CT molecular complexity index is 1400. The maximum Gasteiger partial charge on any atom is 0.407 e. The van der Waals surface area contributed by atoms with Crippen molar-refractivity contribution in [3.63, 3.8) is 0 Å². The van der Waals surface area contributed by atoms with Crippen molar-refractivity contribution in [1.82, 2.24) is 10.3 Å². The minimum atomic E-state index is -1.18. The lowest BCUT2D eigenvalue weighted by molar-refractivity contribution is -0.139. The first-order valence-electron chi connectivity index (χ1n) is 10.9. The summed E-state index contributed by atoms with van der Waals surface area (Å²) >= 11 is 0. The number of rotatable bonds is 6. The third-order valence-corrected chi connectivity index (χ3v) is 6.25. The molecule has 1 heterocycles. The van der Waals surface area contributed by atoms with E-state index in [1.165, 1.54) is 0 Å². The molecule has 5 rings (SSSR count). The minimum absolute atomic E-state index is 0.0500. The molecule has 7 heteroatoms. The van der Waals surface area contributed by atoms with Crippen molar-refractivity contribution in [2.45, 2.75) is 18.4 Å². The summed E-state index contributed by atoms with van der Waals surface area (Å²) in [4.78, 5) is 27.5. The Morgan fingerprint density at radius 1 is 1.06 bits per heavy atom. The van der Waals surface area contributed by atoms with Crippen LogP contribution in [0.2, 0.25) is 0 Å². The number of hydrogen-bond donors (Lipinski definition) is 3. The molecular weight excluding hydrogens is 430 g/mol. The molecule has 3 aromatic carbocycles. The summed E-state index contributed by atoms with van der Waals surface area (Å²) in [7, 11) is 0. The molecule has 1 aliphatic carbocycles. The summed E-state index contributed by atoms with van der Waals surface area (Å²) < 4.78 is 5.50. The minimum Gasteiger partial charge on any atom is -0.480 e. The normalized spacial score (nSPS) is 13.0. The molecule has 1 aliphatic rings. The molecule has 4 aromatic rings. The van der Waals surface area contributed by atoms with Gasteiger partial charge in [0.1, 0.15) is 12.6 Å². The number of nitriles is 1. The highest BCUT2D eigenvalue weighted by molar-refractivity contribution is 5.86. The number of alkyl carbamates (subject to hydrolysis) is 1. The second-order valence-corrected chi connectivity index (χ2v) is 8.25. The van der Waals surface area contributed by atoms with Crippen molar-refractivity contribution in [2.75, 3.05) is 6.61 Å². The van der Waals surface area contributed by atoms with Gasteiger partial charge in [-0.1, -0.05) is 48.5 Å². The molecule has 0 bridgehead atoms. The van der Waals surface area contributed by atoms with E-state index in [9.17, 15) is 14.7 Å². The summed E-state index contributed by atoms with van der Waals surface area (Å²) in [5, 5.41) is 22.1. The Morgan fingerprint density at radius 3 is 2.38 bits per heavy atom. The number of nitrogens with one attached hydrogen (secondary N) is 2. The van der Waals surface area contributed by atoms with Gasteiger partial charge in [-0.3, -0.25) is 0 Å². The van der Waals surface area contributed by atoms with Crippen molar-refractivity contribution in [3.05, 3.63) is 95.2 Å². The largest absolute Gasteiger partial charge is 0.480 e. The van der Waals surface area contributed by atoms with E-state index in [1.807, 2.05) is 48.5 Å². The van der Waals surface area contributed by atoms with Crippen LogP contribution in [0.5, 0.6) is 0 Å². The number of aromatic nitrogens is 1. The summed E-state index contributed by atoms with van der Waals surface area (Å²) in [6.45, 7) is 0.102. The molecule has 7 nitrogen and oxygen atoms in total. The van der Waals surface area contributed by atoms with Crippen LogP contribution in [0.25, 0.3) is 22.0 Å². The topological polar surface area (TPSA) is 115 Å². The van der Waals surface area contributed by atoms with Crippen LogP contribution in [0, 0.1) is 11.3 Å². The van der Waals surface area contributed by atoms with E-state index >= 15 is 0 Å². The number of benzene rings is 3. The van der Waals surface area contributed by atoms with Crippen molar-refractivity contribution in [2.24, 2.45) is 0 Å². The van der Waals surface area contributed by atoms with Crippen molar-refractivity contribution >= 4 is 23.0 Å². The Balaban J connectivity index is 1.29. The highest BCUT2D eigenvalue weighted by Gasteiger charge is 2.30. The highest BCUT2D eigenvalue weighted by atomic mass is 16.5. The van der Waals surface area contributed by atoms with Crippen LogP contribution in [-0.2, 0) is 16.0 Å². The van der Waals surface area contributed by atoms with E-state index in [0.29, 0.717) is 11.1 Å². The zero-order valence-corrected chi connectivity index (χ0v) is 18.1. The molecule has 0 saturated heterocycles. The van der Waals surface area contributed by atoms with Crippen LogP contribution >= 0.6 is 0 Å². The second kappa shape index (κ2) is 8.75. The zero-order valence-electron chi connectivity index (χ0n) is 18.1. The molecule has 3 N–H and O–H groups in total. The summed E-state index contributed by atoms with van der Waals surface area (Å²) in [5.41, 5.74) is 6.36. The maximum atomic E-state index is 12.6. The van der Waals surface area contributed by atoms with Gasteiger partial charge < -0.3 is 20.1 Å². The number of aromatic amines is 1. The number of nitrogens with zero attached hydrogens (tertiary/aromatic N) is 1. The average molecular weight is 451 g/mol. The fourth-order valence-corrected chi connectivity index (χ4v) is 4.62. The number of carboxylic acid groups (broad SMARTS) is 1. The lowest BCUT2D eigenvalue weighted by Crippen LogP contribution is -2.42. The number of amides is 1. The van der Waals surface area contributed by atoms with Gasteiger partial charge in [0.2, 0.25) is 0 Å². The molecule has 168 valence electrons. The number of carbonyl (C=O) groups is 2. The standard InChI is InChI=1S/C27H21N3O4/c28-13-16-9-10-24-22(11-16)17(14-29-24)12-25(26(31)32)30-27(33)34-15-23-20-7-3-1-5-18(20)19-6-2-4-8-21(19)23/h1-11,14,23,25,29H,12,15H2,(H,30,33)(H,31,32)/t25-/m0/s1. The monoisotopic (exact) mass is 451 g/mol. The fraction of sp³-hybridized carbons (Fsp3) is 0.148. The Hall–Kier alpha value is -4.57. The Kier molecular flexibility index (Phi) is 5.48. The lowest BCUT2D eigenvalue weighted by atomic mass is 9.98. The van der Waals surface area contributed by atoms with E-state index in [4.69, 9.17) is 10.00 Å². The molecule has 0 fully saturated rings. The number of hydrogen-bond acceptors (Lipinski definition) is 4. The maximum absolute atomic E-state index is 12.6. The van der Waals surface area contributed by atoms with Crippen molar-refractivity contribution in [3.8, 4) is 17.2 Å². The Labute approximate surface area is 195 Å². The molecular formula is C27H21N3O4. The predicted molar refractivity (Wildman–Crippen MR) is 126 cm³/mol. The first-order chi connectivity index (χ1) is 16.5. The van der Waals surface area contributed by atoms with Gasteiger partial charge in [-0.15, -0.1) is 0 Å². The van der Waals surface area contributed by atoms with Crippen molar-refractivity contribution < 1.29 is 19.4 Å². The molecule has 0 spiro atoms. The average Bonchev–Trinajstić information content (AvgIpc) is 3.40. The van der Waals surface area contributed by atoms with Gasteiger partial charge in [-0.25, -0.2) is 9.59 Å². The first kappa shape index (κ1) is 21.3. The van der Waals surface area contributed by atoms with Crippen LogP contribution in [0.3, 0.4) is 0 Å². The first-order valence-corrected chi connectivity index (χ1v) is 10.9. The van der Waals surface area contributed by atoms with Crippen LogP contribution < -0.4 is 5.32 Å². The van der Waals surface area contributed by atoms with Gasteiger partial charge in [0.25, 0.3) is 0 Å². The van der Waals surface area contributed by atoms with Crippen molar-refractivity contribution in [1.29, 1.82) is 5.26 Å². The van der Waals surface area contributed by atoms with E-state index in [0.717, 1.165) is 33.2 Å². The lowest BCUT2D eigenvalue weighted by Gasteiger charge is -2.17. The molecule has 34 heavy (non-hydrogen) atoms. The van der Waals surface area contributed by atoms with Gasteiger partial charge in [0.05, 0.1) is 11.6 Å². The molecule has 0 unspecified atom stereocenters. The number of carboxylic acids is 1. The van der Waals surface area contributed by atoms with E-state index in [1.54, 1.807) is 24.4 Å². The second-order valence-electron chi connectivity index (χ2n) is 8.25. The van der Waals surface area contributed by atoms with E-state index < -0.39 is 18.1 Å². The van der Waals surface area contributed by atoms with E-state index in [-0.39, 0.29) is 18.9 Å². The molecule has 0 aliphatic heterocycles. The molecule has 1 atom stereocenters. The fourth-order valence-electron chi connectivity index (χ4n) is 4.62. The van der Waals surface area contributed by atoms with Crippen LogP contribution in [-0.4, -0.2) is 34.8 Å². The number of ether oxygens (including phenoxy) is 1. The third-order valence-electron chi connectivity index (χ3n) is 6.25. The van der Waals surface area contributed by atoms with Crippen LogP contribution in [0.15, 0.2) is 72.9 Å². The summed E-state index contributed by atoms with van der Waals surface area (Å²) in [6, 6.07) is 22.1. The predicted octanol–water partition coefficient (Wildman–Crippen LogP) is 4.57. The zero-order chi connectivity index (χ0) is 23.7. The van der Waals surface area contributed by atoms with Crippen LogP contribution in [0.1, 0.15) is 28.2 Å². The molecule has 0 radical (unpaired) electrons. The number of aliphatic carboxylic acids is 1. The smallest absolute Gasteiger partial charge is 0.407 e. The molecule has 1 aromatic heterocycles. The van der Waals surface area contributed by atoms with Crippen LogP contribution in [0.4, 0.5) is 4.79 Å². The van der Waals surface area contributed by atoms with Gasteiger partial charge in [0.15, 0.2) is 0 Å². The summed E-state index contributed by atoms with van der Waals surface area (Å²) in [5.74, 6) is -1.28. The van der Waals surface area contributed by atoms with Gasteiger partial charge >= 0.3 is 12.1 Å².